The predicted molar refractivity (Wildman–Crippen MR) is 122 cm³/mol. The zero-order chi connectivity index (χ0) is 21.7. The number of pyridine rings is 1. The Morgan fingerprint density at radius 2 is 1.65 bits per heavy atom. The standard InChI is InChI=1S/C23H19ClN4O3/c1-26-19(29)13-18(25-15-9-7-14(24)8-10-15)20-21(26)27(16-5-3-2-4-6-16)23(31)28(22(20)30)17-11-12-17/h2-10,13,17,25H,11-12H2,1H3. The summed E-state index contributed by atoms with van der Waals surface area (Å²) in [7, 11) is 1.57. The number of benzene rings is 2. The van der Waals surface area contributed by atoms with Crippen molar-refractivity contribution < 1.29 is 0 Å². The lowest BCUT2D eigenvalue weighted by atomic mass is 10.2. The number of hydrogen-bond acceptors (Lipinski definition) is 4. The molecule has 4 aromatic rings. The summed E-state index contributed by atoms with van der Waals surface area (Å²) in [5.74, 6) is 0. The molecule has 0 radical (unpaired) electrons. The van der Waals surface area contributed by atoms with Gasteiger partial charge in [0.15, 0.2) is 0 Å². The van der Waals surface area contributed by atoms with E-state index >= 15 is 0 Å². The average Bonchev–Trinajstić information content (AvgIpc) is 3.59. The van der Waals surface area contributed by atoms with Crippen LogP contribution in [0.3, 0.4) is 0 Å². The first-order valence-electron chi connectivity index (χ1n) is 9.95. The summed E-state index contributed by atoms with van der Waals surface area (Å²) in [6.07, 6.45) is 1.56. The minimum absolute atomic E-state index is 0.125. The third-order valence-corrected chi connectivity index (χ3v) is 5.75. The number of nitrogens with zero attached hydrogens (tertiary/aromatic N) is 3. The summed E-state index contributed by atoms with van der Waals surface area (Å²) >= 11 is 5.98. The number of fused-ring (bicyclic) bond motifs is 1. The molecule has 8 heteroatoms. The van der Waals surface area contributed by atoms with Gasteiger partial charge in [-0.05, 0) is 49.2 Å². The van der Waals surface area contributed by atoms with E-state index < -0.39 is 11.2 Å². The Hall–Kier alpha value is -3.58. The van der Waals surface area contributed by atoms with Crippen molar-refractivity contribution in [1.29, 1.82) is 0 Å². The highest BCUT2D eigenvalue weighted by Gasteiger charge is 2.30. The van der Waals surface area contributed by atoms with Crippen molar-refractivity contribution >= 4 is 34.0 Å². The highest BCUT2D eigenvalue weighted by atomic mass is 35.5. The summed E-state index contributed by atoms with van der Waals surface area (Å²) in [4.78, 5) is 39.8. The predicted octanol–water partition coefficient (Wildman–Crippen LogP) is 3.58. The highest BCUT2D eigenvalue weighted by molar-refractivity contribution is 6.30. The van der Waals surface area contributed by atoms with Crippen LogP contribution in [0.2, 0.25) is 5.02 Å². The molecule has 0 unspecified atom stereocenters. The second kappa shape index (κ2) is 7.28. The van der Waals surface area contributed by atoms with E-state index in [0.29, 0.717) is 22.1 Å². The fraction of sp³-hybridized carbons (Fsp3) is 0.174. The normalized spacial score (nSPS) is 13.5. The van der Waals surface area contributed by atoms with Crippen LogP contribution in [0.4, 0.5) is 11.4 Å². The zero-order valence-electron chi connectivity index (χ0n) is 16.7. The Kier molecular flexibility index (Phi) is 4.55. The van der Waals surface area contributed by atoms with Crippen LogP contribution in [0.1, 0.15) is 18.9 Å². The Morgan fingerprint density at radius 1 is 0.968 bits per heavy atom. The van der Waals surface area contributed by atoms with Crippen molar-refractivity contribution in [3.8, 4) is 5.69 Å². The maximum atomic E-state index is 13.5. The quantitative estimate of drug-likeness (QED) is 0.532. The number of hydrogen-bond donors (Lipinski definition) is 1. The molecule has 0 saturated heterocycles. The minimum atomic E-state index is -0.440. The molecule has 0 amide bonds. The molecule has 0 aliphatic heterocycles. The summed E-state index contributed by atoms with van der Waals surface area (Å²) in [6.45, 7) is 0. The minimum Gasteiger partial charge on any atom is -0.355 e. The third kappa shape index (κ3) is 3.27. The lowest BCUT2D eigenvalue weighted by molar-refractivity contribution is 0.637. The Labute approximate surface area is 181 Å². The first kappa shape index (κ1) is 19.4. The zero-order valence-corrected chi connectivity index (χ0v) is 17.5. The van der Waals surface area contributed by atoms with Crippen LogP contribution in [0.15, 0.2) is 75.0 Å². The molecule has 31 heavy (non-hydrogen) atoms. The molecule has 0 spiro atoms. The topological polar surface area (TPSA) is 78.0 Å². The van der Waals surface area contributed by atoms with Gasteiger partial charge in [-0.3, -0.25) is 18.7 Å². The number of halogens is 1. The van der Waals surface area contributed by atoms with Crippen LogP contribution < -0.4 is 22.1 Å². The smallest absolute Gasteiger partial charge is 0.337 e. The fourth-order valence-electron chi connectivity index (χ4n) is 3.82. The van der Waals surface area contributed by atoms with Gasteiger partial charge in [-0.2, -0.15) is 0 Å². The first-order valence-corrected chi connectivity index (χ1v) is 10.3. The number of anilines is 2. The maximum Gasteiger partial charge on any atom is 0.337 e. The number of aromatic nitrogens is 3. The van der Waals surface area contributed by atoms with Gasteiger partial charge < -0.3 is 5.32 Å². The first-order chi connectivity index (χ1) is 15.0. The van der Waals surface area contributed by atoms with Gasteiger partial charge in [0, 0.05) is 29.9 Å². The van der Waals surface area contributed by atoms with Crippen molar-refractivity contribution in [2.75, 3.05) is 5.32 Å². The van der Waals surface area contributed by atoms with Crippen LogP contribution >= 0.6 is 11.6 Å². The lowest BCUT2D eigenvalue weighted by Gasteiger charge is -2.18. The Morgan fingerprint density at radius 3 is 2.29 bits per heavy atom. The van der Waals surface area contributed by atoms with Crippen molar-refractivity contribution in [3.05, 3.63) is 96.9 Å². The van der Waals surface area contributed by atoms with Crippen LogP contribution in [-0.4, -0.2) is 13.7 Å². The van der Waals surface area contributed by atoms with Gasteiger partial charge in [0.25, 0.3) is 11.1 Å². The molecule has 2 aromatic carbocycles. The van der Waals surface area contributed by atoms with Crippen LogP contribution in [0.5, 0.6) is 0 Å². The number of nitrogens with one attached hydrogen (secondary N) is 1. The highest BCUT2D eigenvalue weighted by Crippen LogP contribution is 2.33. The molecule has 7 nitrogen and oxygen atoms in total. The van der Waals surface area contributed by atoms with Gasteiger partial charge in [-0.25, -0.2) is 9.36 Å². The largest absolute Gasteiger partial charge is 0.355 e. The Bertz CT molecular complexity index is 1480. The molecule has 156 valence electrons. The van der Waals surface area contributed by atoms with Gasteiger partial charge in [0.2, 0.25) is 0 Å². The SMILES string of the molecule is Cn1c(=O)cc(Nc2ccc(Cl)cc2)c2c(=O)n(C3CC3)c(=O)n(-c3ccccc3)c21. The maximum absolute atomic E-state index is 13.5. The van der Waals surface area contributed by atoms with Gasteiger partial charge >= 0.3 is 5.69 Å². The summed E-state index contributed by atoms with van der Waals surface area (Å²) in [6, 6.07) is 17.3. The second-order valence-corrected chi connectivity index (χ2v) is 8.08. The van der Waals surface area contributed by atoms with Crippen molar-refractivity contribution in [2.24, 2.45) is 7.05 Å². The van der Waals surface area contributed by atoms with E-state index in [1.54, 1.807) is 43.4 Å². The molecule has 2 heterocycles. The molecule has 1 N–H and O–H groups in total. The van der Waals surface area contributed by atoms with Crippen molar-refractivity contribution in [1.82, 2.24) is 13.7 Å². The van der Waals surface area contributed by atoms with E-state index in [9.17, 15) is 14.4 Å². The molecule has 0 bridgehead atoms. The molecule has 1 fully saturated rings. The molecule has 1 saturated carbocycles. The summed E-state index contributed by atoms with van der Waals surface area (Å²) < 4.78 is 4.10. The number of para-hydroxylation sites is 1. The molecule has 1 aliphatic rings. The van der Waals surface area contributed by atoms with Gasteiger partial charge in [-0.1, -0.05) is 29.8 Å². The monoisotopic (exact) mass is 434 g/mol. The molecular formula is C23H19ClN4O3. The average molecular weight is 435 g/mol. The Balaban J connectivity index is 1.90. The van der Waals surface area contributed by atoms with Crippen molar-refractivity contribution in [3.63, 3.8) is 0 Å². The molecule has 5 rings (SSSR count). The van der Waals surface area contributed by atoms with E-state index in [-0.39, 0.29) is 22.6 Å². The van der Waals surface area contributed by atoms with Gasteiger partial charge in [-0.15, -0.1) is 0 Å². The molecule has 2 aromatic heterocycles. The molecular weight excluding hydrogens is 416 g/mol. The lowest BCUT2D eigenvalue weighted by Crippen LogP contribution is -2.41. The van der Waals surface area contributed by atoms with Crippen LogP contribution in [0, 0.1) is 0 Å². The number of rotatable bonds is 4. The molecule has 1 aliphatic carbocycles. The summed E-state index contributed by atoms with van der Waals surface area (Å²) in [5.41, 5.74) is 0.689. The third-order valence-electron chi connectivity index (χ3n) is 5.50. The van der Waals surface area contributed by atoms with Gasteiger partial charge in [0.05, 0.1) is 11.4 Å². The van der Waals surface area contributed by atoms with E-state index in [1.165, 1.54) is 19.8 Å². The van der Waals surface area contributed by atoms with E-state index in [2.05, 4.69) is 5.32 Å². The number of aryl methyl sites for hydroxylation is 1. The van der Waals surface area contributed by atoms with E-state index in [4.69, 9.17) is 11.6 Å². The van der Waals surface area contributed by atoms with Crippen molar-refractivity contribution in [2.45, 2.75) is 18.9 Å². The molecule has 0 atom stereocenters. The van der Waals surface area contributed by atoms with E-state index in [1.807, 2.05) is 18.2 Å². The van der Waals surface area contributed by atoms with Gasteiger partial charge in [0.1, 0.15) is 11.0 Å². The summed E-state index contributed by atoms with van der Waals surface area (Å²) in [5, 5.41) is 4.03. The van der Waals surface area contributed by atoms with E-state index in [0.717, 1.165) is 12.8 Å². The fourth-order valence-corrected chi connectivity index (χ4v) is 3.94. The second-order valence-electron chi connectivity index (χ2n) is 7.65. The van der Waals surface area contributed by atoms with Crippen LogP contribution in [0.25, 0.3) is 16.7 Å². The van der Waals surface area contributed by atoms with Crippen LogP contribution in [-0.2, 0) is 7.05 Å².